The molecule has 0 aromatic heterocycles. The SMILES string of the molecule is CC(C)C1COC(=O)[C@H](CC(=O)NCc2ccc(Cl)cc2)C/C=C/CCC(=O)N1. The van der Waals surface area contributed by atoms with Crippen molar-refractivity contribution in [3.8, 4) is 0 Å². The molecule has 0 saturated heterocycles. The van der Waals surface area contributed by atoms with E-state index in [-0.39, 0.29) is 36.8 Å². The molecular formula is C22H29ClN2O4. The summed E-state index contributed by atoms with van der Waals surface area (Å²) >= 11 is 5.86. The summed E-state index contributed by atoms with van der Waals surface area (Å²) in [6, 6.07) is 6.98. The number of rotatable bonds is 5. The molecule has 0 spiro atoms. The van der Waals surface area contributed by atoms with Gasteiger partial charge < -0.3 is 15.4 Å². The number of carbonyl (C=O) groups is 3. The highest BCUT2D eigenvalue weighted by Crippen LogP contribution is 2.15. The zero-order valence-corrected chi connectivity index (χ0v) is 17.7. The molecule has 0 aliphatic carbocycles. The van der Waals surface area contributed by atoms with E-state index in [1.807, 2.05) is 38.1 Å². The summed E-state index contributed by atoms with van der Waals surface area (Å²) in [5, 5.41) is 6.39. The molecule has 1 aromatic carbocycles. The molecule has 1 unspecified atom stereocenters. The quantitative estimate of drug-likeness (QED) is 0.564. The van der Waals surface area contributed by atoms with Crippen LogP contribution in [-0.2, 0) is 25.7 Å². The summed E-state index contributed by atoms with van der Waals surface area (Å²) in [5.74, 6) is -1.11. The van der Waals surface area contributed by atoms with Crippen molar-refractivity contribution in [2.45, 2.75) is 52.1 Å². The van der Waals surface area contributed by atoms with Gasteiger partial charge >= 0.3 is 5.97 Å². The van der Waals surface area contributed by atoms with Crippen LogP contribution < -0.4 is 10.6 Å². The predicted molar refractivity (Wildman–Crippen MR) is 112 cm³/mol. The largest absolute Gasteiger partial charge is 0.463 e. The Hall–Kier alpha value is -2.34. The van der Waals surface area contributed by atoms with Crippen LogP contribution in [-0.4, -0.2) is 30.4 Å². The monoisotopic (exact) mass is 420 g/mol. The number of carbonyl (C=O) groups excluding carboxylic acids is 3. The Balaban J connectivity index is 1.95. The number of cyclic esters (lactones) is 1. The molecule has 7 heteroatoms. The number of halogens is 1. The fourth-order valence-corrected chi connectivity index (χ4v) is 3.05. The van der Waals surface area contributed by atoms with Crippen LogP contribution in [0.15, 0.2) is 36.4 Å². The minimum atomic E-state index is -0.556. The Bertz CT molecular complexity index is 731. The summed E-state index contributed by atoms with van der Waals surface area (Å²) < 4.78 is 5.44. The number of nitrogens with one attached hydrogen (secondary N) is 2. The van der Waals surface area contributed by atoms with Crippen molar-refractivity contribution in [2.24, 2.45) is 11.8 Å². The van der Waals surface area contributed by atoms with Gasteiger partial charge in [-0.2, -0.15) is 0 Å². The van der Waals surface area contributed by atoms with E-state index in [1.165, 1.54) is 0 Å². The van der Waals surface area contributed by atoms with Gasteiger partial charge in [-0.15, -0.1) is 0 Å². The van der Waals surface area contributed by atoms with E-state index in [0.29, 0.717) is 30.8 Å². The van der Waals surface area contributed by atoms with Crippen LogP contribution in [0.2, 0.25) is 5.02 Å². The summed E-state index contributed by atoms with van der Waals surface area (Å²) in [7, 11) is 0. The summed E-state index contributed by atoms with van der Waals surface area (Å²) in [5.41, 5.74) is 0.930. The van der Waals surface area contributed by atoms with Gasteiger partial charge in [0, 0.05) is 24.4 Å². The normalized spacial score (nSPS) is 22.1. The van der Waals surface area contributed by atoms with Crippen molar-refractivity contribution in [3.05, 3.63) is 47.0 Å². The topological polar surface area (TPSA) is 84.5 Å². The Morgan fingerprint density at radius 1 is 1.24 bits per heavy atom. The minimum absolute atomic E-state index is 0.0511. The van der Waals surface area contributed by atoms with Crippen molar-refractivity contribution in [1.29, 1.82) is 0 Å². The molecule has 1 aromatic rings. The number of amides is 2. The molecule has 158 valence electrons. The van der Waals surface area contributed by atoms with E-state index in [2.05, 4.69) is 10.6 Å². The lowest BCUT2D eigenvalue weighted by molar-refractivity contribution is -0.151. The number of hydrogen-bond acceptors (Lipinski definition) is 4. The molecule has 0 saturated carbocycles. The first-order valence-corrected chi connectivity index (χ1v) is 10.3. The van der Waals surface area contributed by atoms with Gasteiger partial charge in [-0.1, -0.05) is 49.7 Å². The maximum atomic E-state index is 12.6. The summed E-state index contributed by atoms with van der Waals surface area (Å²) in [6.07, 6.45) is 5.16. The van der Waals surface area contributed by atoms with Crippen molar-refractivity contribution < 1.29 is 19.1 Å². The van der Waals surface area contributed by atoms with Crippen LogP contribution in [0.5, 0.6) is 0 Å². The average molecular weight is 421 g/mol. The average Bonchev–Trinajstić information content (AvgIpc) is 2.68. The van der Waals surface area contributed by atoms with Gasteiger partial charge in [-0.3, -0.25) is 14.4 Å². The fraction of sp³-hybridized carbons (Fsp3) is 0.500. The number of ether oxygens (including phenoxy) is 1. The van der Waals surface area contributed by atoms with E-state index in [4.69, 9.17) is 16.3 Å². The van der Waals surface area contributed by atoms with Gasteiger partial charge in [0.05, 0.1) is 12.0 Å². The lowest BCUT2D eigenvalue weighted by Crippen LogP contribution is -2.43. The van der Waals surface area contributed by atoms with E-state index in [0.717, 1.165) is 5.56 Å². The third-order valence-electron chi connectivity index (χ3n) is 4.85. The maximum absolute atomic E-state index is 12.6. The predicted octanol–water partition coefficient (Wildman–Crippen LogP) is 3.39. The van der Waals surface area contributed by atoms with E-state index >= 15 is 0 Å². The first-order chi connectivity index (χ1) is 13.8. The van der Waals surface area contributed by atoms with Crippen molar-refractivity contribution in [3.63, 3.8) is 0 Å². The lowest BCUT2D eigenvalue weighted by Gasteiger charge is -2.24. The first-order valence-electron chi connectivity index (χ1n) is 9.97. The van der Waals surface area contributed by atoms with Crippen molar-refractivity contribution >= 4 is 29.4 Å². The van der Waals surface area contributed by atoms with Crippen molar-refractivity contribution in [2.75, 3.05) is 6.61 Å². The number of allylic oxidation sites excluding steroid dienone is 2. The Morgan fingerprint density at radius 2 is 1.97 bits per heavy atom. The van der Waals surface area contributed by atoms with E-state index < -0.39 is 11.9 Å². The van der Waals surface area contributed by atoms with Crippen LogP contribution in [0, 0.1) is 11.8 Å². The fourth-order valence-electron chi connectivity index (χ4n) is 2.92. The maximum Gasteiger partial charge on any atom is 0.309 e. The van der Waals surface area contributed by atoms with Crippen LogP contribution in [0.1, 0.15) is 45.1 Å². The Labute approximate surface area is 177 Å². The second-order valence-electron chi connectivity index (χ2n) is 7.60. The minimum Gasteiger partial charge on any atom is -0.463 e. The smallest absolute Gasteiger partial charge is 0.309 e. The van der Waals surface area contributed by atoms with Gasteiger partial charge in [0.1, 0.15) is 6.61 Å². The number of esters is 1. The van der Waals surface area contributed by atoms with E-state index in [1.54, 1.807) is 12.1 Å². The summed E-state index contributed by atoms with van der Waals surface area (Å²) in [4.78, 5) is 36.9. The highest BCUT2D eigenvalue weighted by Gasteiger charge is 2.25. The number of hydrogen-bond donors (Lipinski definition) is 2. The van der Waals surface area contributed by atoms with Crippen LogP contribution >= 0.6 is 11.6 Å². The molecule has 2 atom stereocenters. The van der Waals surface area contributed by atoms with Crippen LogP contribution in [0.25, 0.3) is 0 Å². The third kappa shape index (κ3) is 8.28. The van der Waals surface area contributed by atoms with Gasteiger partial charge in [-0.25, -0.2) is 0 Å². The molecule has 2 rings (SSSR count). The van der Waals surface area contributed by atoms with Crippen molar-refractivity contribution in [1.82, 2.24) is 10.6 Å². The Kier molecular flexibility index (Phi) is 9.19. The second kappa shape index (κ2) is 11.6. The Morgan fingerprint density at radius 3 is 2.66 bits per heavy atom. The van der Waals surface area contributed by atoms with Gasteiger partial charge in [-0.05, 0) is 36.5 Å². The molecule has 2 amide bonds. The third-order valence-corrected chi connectivity index (χ3v) is 5.10. The highest BCUT2D eigenvalue weighted by atomic mass is 35.5. The molecule has 0 bridgehead atoms. The lowest BCUT2D eigenvalue weighted by atomic mass is 9.99. The first kappa shape index (κ1) is 22.9. The molecule has 0 radical (unpaired) electrons. The molecular weight excluding hydrogens is 392 g/mol. The molecule has 6 nitrogen and oxygen atoms in total. The molecule has 1 heterocycles. The van der Waals surface area contributed by atoms with Gasteiger partial charge in [0.25, 0.3) is 0 Å². The zero-order chi connectivity index (χ0) is 21.2. The van der Waals surface area contributed by atoms with Crippen LogP contribution in [0.3, 0.4) is 0 Å². The number of benzene rings is 1. The van der Waals surface area contributed by atoms with Gasteiger partial charge in [0.15, 0.2) is 0 Å². The standard InChI is InChI=1S/C22H29ClN2O4/c1-15(2)19-14-29-22(28)17(6-4-3-5-7-20(26)25-19)12-21(27)24-13-16-8-10-18(23)11-9-16/h3-4,8-11,15,17,19H,5-7,12-14H2,1-2H3,(H,24,27)(H,25,26)/b4-3+/t17-,19?/m0/s1. The zero-order valence-electron chi connectivity index (χ0n) is 16.9. The molecule has 1 aliphatic rings. The molecule has 1 aliphatic heterocycles. The second-order valence-corrected chi connectivity index (χ2v) is 8.03. The highest BCUT2D eigenvalue weighted by molar-refractivity contribution is 6.30. The van der Waals surface area contributed by atoms with Gasteiger partial charge in [0.2, 0.25) is 11.8 Å². The molecule has 29 heavy (non-hydrogen) atoms. The molecule has 0 fully saturated rings. The van der Waals surface area contributed by atoms with Crippen LogP contribution in [0.4, 0.5) is 0 Å². The summed E-state index contributed by atoms with van der Waals surface area (Å²) in [6.45, 7) is 4.41. The molecule has 2 N–H and O–H groups in total. The van der Waals surface area contributed by atoms with E-state index in [9.17, 15) is 14.4 Å².